The molecule has 3 unspecified atom stereocenters. The third-order valence-electron chi connectivity index (χ3n) is 3.88. The summed E-state index contributed by atoms with van der Waals surface area (Å²) in [6, 6.07) is 0.519. The fourth-order valence-electron chi connectivity index (χ4n) is 2.82. The molecule has 2 N–H and O–H groups in total. The molecule has 15 heavy (non-hydrogen) atoms. The van der Waals surface area contributed by atoms with E-state index in [1.165, 1.54) is 25.7 Å². The van der Waals surface area contributed by atoms with Gasteiger partial charge in [0.1, 0.15) is 0 Å². The summed E-state index contributed by atoms with van der Waals surface area (Å²) < 4.78 is 0. The van der Waals surface area contributed by atoms with E-state index >= 15 is 0 Å². The predicted octanol–water partition coefficient (Wildman–Crippen LogP) is 1.29. The van der Waals surface area contributed by atoms with Gasteiger partial charge in [0.2, 0.25) is 5.91 Å². The predicted molar refractivity (Wildman–Crippen MR) is 60.5 cm³/mol. The third-order valence-corrected chi connectivity index (χ3v) is 3.88. The van der Waals surface area contributed by atoms with Crippen molar-refractivity contribution in [3.63, 3.8) is 0 Å². The van der Waals surface area contributed by atoms with Gasteiger partial charge < -0.3 is 10.6 Å². The molecule has 0 radical (unpaired) electrons. The van der Waals surface area contributed by atoms with Crippen LogP contribution >= 0.6 is 0 Å². The number of carbonyl (C=O) groups excluding carboxylic acids is 1. The summed E-state index contributed by atoms with van der Waals surface area (Å²) in [5.74, 6) is 1.15. The highest BCUT2D eigenvalue weighted by Crippen LogP contribution is 2.31. The summed E-state index contributed by atoms with van der Waals surface area (Å²) in [4.78, 5) is 11.9. The molecule has 1 heterocycles. The van der Waals surface area contributed by atoms with Crippen LogP contribution in [-0.4, -0.2) is 25.0 Å². The van der Waals surface area contributed by atoms with E-state index in [4.69, 9.17) is 0 Å². The molecule has 1 saturated heterocycles. The van der Waals surface area contributed by atoms with Gasteiger partial charge in [-0.15, -0.1) is 0 Å². The van der Waals surface area contributed by atoms with Crippen molar-refractivity contribution in [1.29, 1.82) is 0 Å². The average Bonchev–Trinajstić information content (AvgIpc) is 2.84. The Labute approximate surface area is 92.0 Å². The number of rotatable bonds is 3. The highest BCUT2D eigenvalue weighted by atomic mass is 16.1. The van der Waals surface area contributed by atoms with E-state index in [9.17, 15) is 4.79 Å². The molecule has 2 aliphatic rings. The van der Waals surface area contributed by atoms with Crippen molar-refractivity contribution in [2.24, 2.45) is 11.8 Å². The molecule has 0 bridgehead atoms. The molecule has 1 aliphatic carbocycles. The summed E-state index contributed by atoms with van der Waals surface area (Å²) in [5, 5.41) is 6.49. The van der Waals surface area contributed by atoms with Crippen LogP contribution in [0.2, 0.25) is 0 Å². The van der Waals surface area contributed by atoms with Gasteiger partial charge in [-0.3, -0.25) is 4.79 Å². The minimum atomic E-state index is 0.284. The molecule has 0 aromatic rings. The molecular weight excluding hydrogens is 188 g/mol. The zero-order valence-corrected chi connectivity index (χ0v) is 9.59. The lowest BCUT2D eigenvalue weighted by Crippen LogP contribution is -2.40. The molecule has 0 aromatic heterocycles. The minimum Gasteiger partial charge on any atom is -0.354 e. The highest BCUT2D eigenvalue weighted by Gasteiger charge is 2.29. The average molecular weight is 210 g/mol. The Morgan fingerprint density at radius 1 is 1.33 bits per heavy atom. The van der Waals surface area contributed by atoms with Gasteiger partial charge in [-0.2, -0.15) is 0 Å². The van der Waals surface area contributed by atoms with E-state index in [2.05, 4.69) is 17.6 Å². The van der Waals surface area contributed by atoms with Crippen LogP contribution in [0.25, 0.3) is 0 Å². The molecule has 0 spiro atoms. The summed E-state index contributed by atoms with van der Waals surface area (Å²) in [5.41, 5.74) is 0. The van der Waals surface area contributed by atoms with E-state index in [0.717, 1.165) is 19.5 Å². The van der Waals surface area contributed by atoms with Crippen LogP contribution in [-0.2, 0) is 4.79 Å². The SMILES string of the molecule is CC1CCCC1C(=O)NCC1CCCN1. The second kappa shape index (κ2) is 4.97. The molecule has 1 aliphatic heterocycles. The normalized spacial score (nSPS) is 35.7. The Bertz CT molecular complexity index is 224. The van der Waals surface area contributed by atoms with E-state index in [1.807, 2.05) is 0 Å². The molecular formula is C12H22N2O. The lowest BCUT2D eigenvalue weighted by molar-refractivity contribution is -0.125. The Balaban J connectivity index is 1.71. The smallest absolute Gasteiger partial charge is 0.223 e. The first-order valence-corrected chi connectivity index (χ1v) is 6.28. The molecule has 3 nitrogen and oxygen atoms in total. The van der Waals surface area contributed by atoms with Crippen LogP contribution in [0.1, 0.15) is 39.0 Å². The second-order valence-electron chi connectivity index (χ2n) is 5.05. The van der Waals surface area contributed by atoms with Gasteiger partial charge in [0.05, 0.1) is 0 Å². The van der Waals surface area contributed by atoms with Crippen molar-refractivity contribution in [2.75, 3.05) is 13.1 Å². The van der Waals surface area contributed by atoms with Crippen LogP contribution in [0.15, 0.2) is 0 Å². The van der Waals surface area contributed by atoms with Gasteiger partial charge in [0.15, 0.2) is 0 Å². The molecule has 3 atom stereocenters. The number of hydrogen-bond acceptors (Lipinski definition) is 2. The summed E-state index contributed by atoms with van der Waals surface area (Å²) in [7, 11) is 0. The first kappa shape index (κ1) is 10.9. The van der Waals surface area contributed by atoms with Crippen LogP contribution in [0, 0.1) is 11.8 Å². The number of carbonyl (C=O) groups is 1. The monoisotopic (exact) mass is 210 g/mol. The Hall–Kier alpha value is -0.570. The summed E-state index contributed by atoms with van der Waals surface area (Å²) in [6.45, 7) is 4.13. The van der Waals surface area contributed by atoms with Gasteiger partial charge in [-0.25, -0.2) is 0 Å². The van der Waals surface area contributed by atoms with Gasteiger partial charge in [-0.1, -0.05) is 13.3 Å². The van der Waals surface area contributed by atoms with Gasteiger partial charge in [-0.05, 0) is 38.1 Å². The molecule has 2 fully saturated rings. The summed E-state index contributed by atoms with van der Waals surface area (Å²) in [6.07, 6.45) is 5.99. The van der Waals surface area contributed by atoms with Crippen molar-refractivity contribution in [3.05, 3.63) is 0 Å². The minimum absolute atomic E-state index is 0.284. The molecule has 3 heteroatoms. The Morgan fingerprint density at radius 2 is 2.20 bits per heavy atom. The standard InChI is InChI=1S/C12H22N2O/c1-9-4-2-6-11(9)12(15)14-8-10-5-3-7-13-10/h9-11,13H,2-8H2,1H3,(H,14,15). The zero-order valence-electron chi connectivity index (χ0n) is 9.59. The molecule has 2 rings (SSSR count). The van der Waals surface area contributed by atoms with Crippen molar-refractivity contribution >= 4 is 5.91 Å². The van der Waals surface area contributed by atoms with Gasteiger partial charge >= 0.3 is 0 Å². The largest absolute Gasteiger partial charge is 0.354 e. The van der Waals surface area contributed by atoms with Crippen molar-refractivity contribution in [2.45, 2.75) is 45.1 Å². The molecule has 1 saturated carbocycles. The first-order valence-electron chi connectivity index (χ1n) is 6.28. The quantitative estimate of drug-likeness (QED) is 0.737. The Kier molecular flexibility index (Phi) is 3.62. The third kappa shape index (κ3) is 2.71. The molecule has 0 aromatic carbocycles. The Morgan fingerprint density at radius 3 is 2.80 bits per heavy atom. The maximum Gasteiger partial charge on any atom is 0.223 e. The number of amides is 1. The van der Waals surface area contributed by atoms with E-state index in [1.54, 1.807) is 0 Å². The molecule has 86 valence electrons. The topological polar surface area (TPSA) is 41.1 Å². The van der Waals surface area contributed by atoms with Gasteiger partial charge in [0, 0.05) is 18.5 Å². The zero-order chi connectivity index (χ0) is 10.7. The number of nitrogens with one attached hydrogen (secondary N) is 2. The van der Waals surface area contributed by atoms with Gasteiger partial charge in [0.25, 0.3) is 0 Å². The maximum absolute atomic E-state index is 11.9. The van der Waals surface area contributed by atoms with Crippen LogP contribution in [0.5, 0.6) is 0 Å². The van der Waals surface area contributed by atoms with E-state index < -0.39 is 0 Å². The first-order chi connectivity index (χ1) is 7.27. The van der Waals surface area contributed by atoms with Crippen LogP contribution < -0.4 is 10.6 Å². The van der Waals surface area contributed by atoms with Crippen LogP contribution in [0.4, 0.5) is 0 Å². The van der Waals surface area contributed by atoms with E-state index in [-0.39, 0.29) is 11.8 Å². The highest BCUT2D eigenvalue weighted by molar-refractivity contribution is 5.79. The van der Waals surface area contributed by atoms with E-state index in [0.29, 0.717) is 12.0 Å². The van der Waals surface area contributed by atoms with Crippen molar-refractivity contribution < 1.29 is 4.79 Å². The fourth-order valence-corrected chi connectivity index (χ4v) is 2.82. The second-order valence-corrected chi connectivity index (χ2v) is 5.05. The maximum atomic E-state index is 11.9. The summed E-state index contributed by atoms with van der Waals surface area (Å²) >= 11 is 0. The molecule has 1 amide bonds. The lowest BCUT2D eigenvalue weighted by Gasteiger charge is -2.17. The fraction of sp³-hybridized carbons (Fsp3) is 0.917. The van der Waals surface area contributed by atoms with Crippen molar-refractivity contribution in [1.82, 2.24) is 10.6 Å². The van der Waals surface area contributed by atoms with Crippen LogP contribution in [0.3, 0.4) is 0 Å². The van der Waals surface area contributed by atoms with Crippen molar-refractivity contribution in [3.8, 4) is 0 Å². The number of hydrogen-bond donors (Lipinski definition) is 2. The lowest BCUT2D eigenvalue weighted by atomic mass is 9.97.